The Bertz CT molecular complexity index is 791. The third kappa shape index (κ3) is 3.23. The summed E-state index contributed by atoms with van der Waals surface area (Å²) in [6.45, 7) is 0.625. The molecule has 0 spiro atoms. The summed E-state index contributed by atoms with van der Waals surface area (Å²) in [5.74, 6) is 3.68. The summed E-state index contributed by atoms with van der Waals surface area (Å²) in [7, 11) is 0.431. The molecule has 0 bridgehead atoms. The van der Waals surface area contributed by atoms with Gasteiger partial charge in [-0.15, -0.1) is 0 Å². The fraction of sp³-hybridized carbons (Fsp3) is 0.238. The van der Waals surface area contributed by atoms with Gasteiger partial charge in [-0.1, -0.05) is 48.5 Å². The molecule has 1 fully saturated rings. The maximum atomic E-state index is 6.02. The van der Waals surface area contributed by atoms with Gasteiger partial charge in [-0.25, -0.2) is 0 Å². The lowest BCUT2D eigenvalue weighted by Gasteiger charge is -2.09. The Hall–Kier alpha value is -1.93. The predicted octanol–water partition coefficient (Wildman–Crippen LogP) is 5.19. The molecule has 23 heavy (non-hydrogen) atoms. The summed E-state index contributed by atoms with van der Waals surface area (Å²) in [4.78, 5) is 1.53. The van der Waals surface area contributed by atoms with E-state index in [9.17, 15) is 0 Å². The minimum Gasteiger partial charge on any atom is -0.489 e. The van der Waals surface area contributed by atoms with Gasteiger partial charge < -0.3 is 4.74 Å². The van der Waals surface area contributed by atoms with Gasteiger partial charge in [0, 0.05) is 16.3 Å². The van der Waals surface area contributed by atoms with E-state index < -0.39 is 0 Å². The minimum absolute atomic E-state index is 0.431. The van der Waals surface area contributed by atoms with E-state index in [1.807, 2.05) is 6.07 Å². The molecule has 0 radical (unpaired) electrons. The van der Waals surface area contributed by atoms with Crippen molar-refractivity contribution < 1.29 is 4.74 Å². The summed E-state index contributed by atoms with van der Waals surface area (Å²) in [5, 5.41) is 2.71. The topological polar surface area (TPSA) is 9.23 Å². The first kappa shape index (κ1) is 14.6. The molecule has 4 rings (SSSR count). The Morgan fingerprint density at radius 3 is 2.48 bits per heavy atom. The van der Waals surface area contributed by atoms with Gasteiger partial charge >= 0.3 is 0 Å². The van der Waals surface area contributed by atoms with E-state index in [-0.39, 0.29) is 0 Å². The number of hydrogen-bond donors (Lipinski definition) is 0. The average Bonchev–Trinajstić information content (AvgIpc) is 3.14. The first-order chi connectivity index (χ1) is 11.4. The number of hydrogen-bond acceptors (Lipinski definition) is 1. The van der Waals surface area contributed by atoms with Crippen molar-refractivity contribution >= 4 is 21.7 Å². The molecule has 0 amide bonds. The van der Waals surface area contributed by atoms with E-state index in [1.54, 1.807) is 0 Å². The zero-order valence-electron chi connectivity index (χ0n) is 13.2. The number of rotatable bonds is 4. The van der Waals surface area contributed by atoms with Gasteiger partial charge in [0.2, 0.25) is 0 Å². The zero-order chi connectivity index (χ0) is 15.5. The van der Waals surface area contributed by atoms with Crippen LogP contribution in [0.1, 0.15) is 18.4 Å². The molecule has 0 N–H and O–H groups in total. The second-order valence-electron chi connectivity index (χ2n) is 6.02. The van der Waals surface area contributed by atoms with Gasteiger partial charge in [-0.05, 0) is 42.0 Å². The van der Waals surface area contributed by atoms with Gasteiger partial charge in [-0.2, -0.15) is 0 Å². The maximum Gasteiger partial charge on any atom is 0.162 e. The van der Waals surface area contributed by atoms with Gasteiger partial charge in [0.25, 0.3) is 0 Å². The van der Waals surface area contributed by atoms with Crippen LogP contribution in [-0.2, 0) is 17.5 Å². The normalized spacial score (nSPS) is 15.1. The average molecular weight is 321 g/mol. The highest BCUT2D eigenvalue weighted by atomic mass is 32.2. The van der Waals surface area contributed by atoms with Crippen LogP contribution in [0.4, 0.5) is 0 Å². The van der Waals surface area contributed by atoms with Gasteiger partial charge in [-0.3, -0.25) is 0 Å². The van der Waals surface area contributed by atoms with Crippen molar-refractivity contribution in [2.75, 3.05) is 11.5 Å². The first-order valence-corrected chi connectivity index (χ1v) is 9.83. The lowest BCUT2D eigenvalue weighted by atomic mass is 10.1. The highest BCUT2D eigenvalue weighted by molar-refractivity contribution is 7.97. The predicted molar refractivity (Wildman–Crippen MR) is 99.3 cm³/mol. The number of ether oxygens (including phenoxy) is 1. The molecule has 1 saturated heterocycles. The van der Waals surface area contributed by atoms with Gasteiger partial charge in [0.1, 0.15) is 23.9 Å². The van der Waals surface area contributed by atoms with Crippen molar-refractivity contribution in [3.63, 3.8) is 0 Å². The van der Waals surface area contributed by atoms with Crippen LogP contribution in [0.5, 0.6) is 5.75 Å². The molecule has 0 aromatic heterocycles. The largest absolute Gasteiger partial charge is 0.489 e. The van der Waals surface area contributed by atoms with Crippen molar-refractivity contribution in [3.05, 3.63) is 72.3 Å². The molecule has 0 unspecified atom stereocenters. The van der Waals surface area contributed by atoms with Crippen molar-refractivity contribution in [2.45, 2.75) is 24.3 Å². The SMILES string of the molecule is c1ccc(COc2ccc3cccc([S+]4CCCC4)c3c2)cc1. The maximum absolute atomic E-state index is 6.02. The third-order valence-electron chi connectivity index (χ3n) is 4.40. The molecule has 0 atom stereocenters. The van der Waals surface area contributed by atoms with Crippen LogP contribution in [0, 0.1) is 0 Å². The lowest BCUT2D eigenvalue weighted by Crippen LogP contribution is -2.04. The van der Waals surface area contributed by atoms with E-state index in [2.05, 4.69) is 60.7 Å². The molecule has 3 aromatic rings. The molecule has 1 aliphatic rings. The molecule has 1 nitrogen and oxygen atoms in total. The Morgan fingerprint density at radius 2 is 1.65 bits per heavy atom. The third-order valence-corrected chi connectivity index (χ3v) is 6.95. The highest BCUT2D eigenvalue weighted by Gasteiger charge is 2.28. The molecule has 2 heteroatoms. The van der Waals surface area contributed by atoms with Gasteiger partial charge in [0.05, 0.1) is 0 Å². The van der Waals surface area contributed by atoms with Crippen LogP contribution < -0.4 is 4.74 Å². The molecule has 0 aliphatic carbocycles. The lowest BCUT2D eigenvalue weighted by molar-refractivity contribution is 0.306. The first-order valence-electron chi connectivity index (χ1n) is 8.27. The van der Waals surface area contributed by atoms with E-state index >= 15 is 0 Å². The van der Waals surface area contributed by atoms with E-state index in [1.165, 1.54) is 45.6 Å². The number of benzene rings is 3. The second-order valence-corrected chi connectivity index (χ2v) is 8.26. The monoisotopic (exact) mass is 321 g/mol. The molecule has 1 heterocycles. The Balaban J connectivity index is 1.62. The van der Waals surface area contributed by atoms with Crippen LogP contribution in [0.3, 0.4) is 0 Å². The molecular weight excluding hydrogens is 300 g/mol. The molecular formula is C21H21OS+. The summed E-state index contributed by atoms with van der Waals surface area (Å²) >= 11 is 0. The van der Waals surface area contributed by atoms with Crippen LogP contribution in [-0.4, -0.2) is 11.5 Å². The van der Waals surface area contributed by atoms with Crippen molar-refractivity contribution in [1.29, 1.82) is 0 Å². The standard InChI is InChI=1S/C21H21OS/c1-2-7-17(8-3-1)16-22-19-12-11-18-9-6-10-21(20(18)15-19)23-13-4-5-14-23/h1-3,6-12,15H,4-5,13-14,16H2/q+1. The fourth-order valence-corrected chi connectivity index (χ4v) is 5.69. The molecule has 3 aromatic carbocycles. The van der Waals surface area contributed by atoms with Crippen molar-refractivity contribution in [2.24, 2.45) is 0 Å². The zero-order valence-corrected chi connectivity index (χ0v) is 14.0. The smallest absolute Gasteiger partial charge is 0.162 e. The van der Waals surface area contributed by atoms with Crippen molar-refractivity contribution in [1.82, 2.24) is 0 Å². The van der Waals surface area contributed by atoms with Crippen LogP contribution >= 0.6 is 0 Å². The molecule has 0 saturated carbocycles. The Morgan fingerprint density at radius 1 is 0.826 bits per heavy atom. The highest BCUT2D eigenvalue weighted by Crippen LogP contribution is 2.32. The van der Waals surface area contributed by atoms with E-state index in [0.29, 0.717) is 17.5 Å². The van der Waals surface area contributed by atoms with Crippen LogP contribution in [0.15, 0.2) is 71.6 Å². The Labute approximate surface area is 140 Å². The summed E-state index contributed by atoms with van der Waals surface area (Å²) in [6.07, 6.45) is 2.76. The quantitative estimate of drug-likeness (QED) is 0.601. The van der Waals surface area contributed by atoms with Crippen LogP contribution in [0.2, 0.25) is 0 Å². The van der Waals surface area contributed by atoms with Gasteiger partial charge in [0.15, 0.2) is 4.90 Å². The molecule has 1 aliphatic heterocycles. The molecule has 116 valence electrons. The van der Waals surface area contributed by atoms with Crippen molar-refractivity contribution in [3.8, 4) is 5.75 Å². The summed E-state index contributed by atoms with van der Waals surface area (Å²) < 4.78 is 6.02. The Kier molecular flexibility index (Phi) is 4.25. The van der Waals surface area contributed by atoms with E-state index in [0.717, 1.165) is 5.75 Å². The van der Waals surface area contributed by atoms with E-state index in [4.69, 9.17) is 4.74 Å². The van der Waals surface area contributed by atoms with Crippen LogP contribution in [0.25, 0.3) is 10.8 Å². The summed E-state index contributed by atoms with van der Waals surface area (Å²) in [5.41, 5.74) is 1.21. The fourth-order valence-electron chi connectivity index (χ4n) is 3.18. The second kappa shape index (κ2) is 6.67. The minimum atomic E-state index is 0.431. The summed E-state index contributed by atoms with van der Waals surface area (Å²) in [6, 6.07) is 23.6. The number of fused-ring (bicyclic) bond motifs is 1.